The molecule has 8 N–H and O–H groups in total. The van der Waals surface area contributed by atoms with E-state index in [9.17, 15) is 4.79 Å². The second kappa shape index (κ2) is 17.4. The van der Waals surface area contributed by atoms with E-state index < -0.39 is 0 Å². The van der Waals surface area contributed by atoms with Gasteiger partial charge in [-0.1, -0.05) is 53.8 Å². The molecule has 11 heteroatoms. The summed E-state index contributed by atoms with van der Waals surface area (Å²) in [7, 11) is 3.16. The van der Waals surface area contributed by atoms with Gasteiger partial charge in [0.25, 0.3) is 0 Å². The van der Waals surface area contributed by atoms with Crippen molar-refractivity contribution in [3.05, 3.63) is 77.7 Å². The number of furan rings is 1. The molecule has 0 atom stereocenters. The van der Waals surface area contributed by atoms with Crippen LogP contribution in [0, 0.1) is 0 Å². The maximum Gasteiger partial charge on any atom is 0.319 e. The van der Waals surface area contributed by atoms with Crippen molar-refractivity contribution in [2.75, 3.05) is 31.2 Å². The summed E-state index contributed by atoms with van der Waals surface area (Å²) in [5.41, 5.74) is 15.8. The number of aliphatic hydroxyl groups excluding tert-OH is 1. The normalized spacial score (nSPS) is 13.2. The van der Waals surface area contributed by atoms with E-state index in [0.717, 1.165) is 23.3 Å². The Hall–Kier alpha value is -3.02. The monoisotopic (exact) mass is 534 g/mol. The Morgan fingerprint density at radius 2 is 1.94 bits per heavy atom. The highest BCUT2D eigenvalue weighted by Gasteiger charge is 2.13. The number of hydrogen-bond acceptors (Lipinski definition) is 8. The number of allylic oxidation sites excluding steroid dienone is 2. The molecule has 0 saturated carbocycles. The van der Waals surface area contributed by atoms with Crippen LogP contribution < -0.4 is 27.4 Å². The van der Waals surface area contributed by atoms with E-state index in [1.807, 2.05) is 26.0 Å². The molecule has 0 fully saturated rings. The number of hydrogen-bond donors (Lipinski definition) is 6. The summed E-state index contributed by atoms with van der Waals surface area (Å²) in [4.78, 5) is 16.4. The van der Waals surface area contributed by atoms with Gasteiger partial charge in [0.1, 0.15) is 5.70 Å². The number of amidine groups is 1. The van der Waals surface area contributed by atoms with Crippen molar-refractivity contribution in [3.8, 4) is 0 Å². The molecule has 0 bridgehead atoms. The number of nitrogens with two attached hydrogens (primary N) is 2. The Bertz CT molecular complexity index is 993. The van der Waals surface area contributed by atoms with Gasteiger partial charge in [0.15, 0.2) is 5.76 Å². The Morgan fingerprint density at radius 3 is 2.56 bits per heavy atom. The number of amides is 2. The average molecular weight is 535 g/mol. The highest BCUT2D eigenvalue weighted by atomic mass is 33.1. The van der Waals surface area contributed by atoms with Crippen molar-refractivity contribution < 1.29 is 14.3 Å². The lowest BCUT2D eigenvalue weighted by Gasteiger charge is -2.15. The fourth-order valence-corrected chi connectivity index (χ4v) is 4.42. The SMILES string of the molecule is C=C(/C=C(/C)C(=C)NC(=O)NCCSSCCO)CNC(=C/CC)/C(N)=C(\N=C(C)N)c1ccco1. The van der Waals surface area contributed by atoms with Crippen LogP contribution in [-0.4, -0.2) is 48.2 Å². The van der Waals surface area contributed by atoms with E-state index in [0.29, 0.717) is 53.2 Å². The van der Waals surface area contributed by atoms with Crippen LogP contribution in [0.3, 0.4) is 0 Å². The first kappa shape index (κ1) is 31.0. The quantitative estimate of drug-likeness (QED) is 0.0615. The van der Waals surface area contributed by atoms with E-state index >= 15 is 0 Å². The van der Waals surface area contributed by atoms with E-state index in [1.165, 1.54) is 0 Å². The summed E-state index contributed by atoms with van der Waals surface area (Å²) in [6.07, 6.45) is 6.09. The third kappa shape index (κ3) is 12.1. The minimum atomic E-state index is -0.323. The van der Waals surface area contributed by atoms with E-state index in [2.05, 4.69) is 34.1 Å². The molecular formula is C25H38N6O3S2. The van der Waals surface area contributed by atoms with E-state index in [-0.39, 0.29) is 12.6 Å². The molecule has 0 spiro atoms. The number of nitrogens with zero attached hydrogens (tertiary/aromatic N) is 1. The zero-order chi connectivity index (χ0) is 26.9. The molecule has 1 aromatic rings. The lowest BCUT2D eigenvalue weighted by Crippen LogP contribution is -2.36. The molecule has 0 saturated heterocycles. The van der Waals surface area contributed by atoms with Crippen molar-refractivity contribution in [2.45, 2.75) is 27.2 Å². The predicted molar refractivity (Wildman–Crippen MR) is 154 cm³/mol. The molecule has 1 aromatic heterocycles. The van der Waals surface area contributed by atoms with Crippen molar-refractivity contribution >= 4 is 39.2 Å². The lowest BCUT2D eigenvalue weighted by molar-refractivity contribution is 0.244. The number of carbonyl (C=O) groups excluding carboxylic acids is 1. The first-order chi connectivity index (χ1) is 17.2. The molecule has 0 radical (unpaired) electrons. The Kier molecular flexibility index (Phi) is 15.0. The standard InChI is InChI=1S/C25H38N6O3S2/c1-6-8-21(23(27)24(31-20(5)26)22-9-7-12-34-22)29-16-17(2)15-18(3)19(4)30-25(33)28-10-13-35-36-14-11-32/h7-9,12,15,29,32H,2,4,6,10-11,13-14,16,27H2,1,3,5H3,(H2,26,31)(H2,28,30,33)/b18-15-,21-8+,24-23+. The van der Waals surface area contributed by atoms with Gasteiger partial charge in [-0.05, 0) is 43.5 Å². The number of nitrogens with one attached hydrogen (secondary N) is 3. The van der Waals surface area contributed by atoms with Gasteiger partial charge >= 0.3 is 6.03 Å². The van der Waals surface area contributed by atoms with Gasteiger partial charge in [-0.3, -0.25) is 0 Å². The molecule has 0 aliphatic carbocycles. The van der Waals surface area contributed by atoms with Crippen LogP contribution in [0.4, 0.5) is 4.79 Å². The molecule has 0 aliphatic heterocycles. The van der Waals surface area contributed by atoms with Gasteiger partial charge in [-0.2, -0.15) is 0 Å². The molecule has 9 nitrogen and oxygen atoms in total. The number of aliphatic hydroxyl groups is 1. The summed E-state index contributed by atoms with van der Waals surface area (Å²) >= 11 is 0. The fourth-order valence-electron chi connectivity index (χ4n) is 2.74. The van der Waals surface area contributed by atoms with Crippen LogP contribution in [-0.2, 0) is 0 Å². The predicted octanol–water partition coefficient (Wildman–Crippen LogP) is 3.86. The third-order valence-electron chi connectivity index (χ3n) is 4.39. The van der Waals surface area contributed by atoms with Crippen molar-refractivity contribution in [1.29, 1.82) is 0 Å². The molecule has 0 aliphatic rings. The van der Waals surface area contributed by atoms with Gasteiger partial charge in [-0.15, -0.1) is 0 Å². The molecule has 0 unspecified atom stereocenters. The van der Waals surface area contributed by atoms with Gasteiger partial charge < -0.3 is 36.9 Å². The van der Waals surface area contributed by atoms with Gasteiger partial charge in [0, 0.05) is 30.3 Å². The molecule has 2 amide bonds. The number of rotatable bonds is 16. The minimum Gasteiger partial charge on any atom is -0.463 e. The largest absolute Gasteiger partial charge is 0.463 e. The molecule has 198 valence electrons. The van der Waals surface area contributed by atoms with Crippen LogP contribution in [0.25, 0.3) is 5.70 Å². The molecule has 1 rings (SSSR count). The first-order valence-electron chi connectivity index (χ1n) is 11.4. The lowest BCUT2D eigenvalue weighted by atomic mass is 10.1. The number of carbonyl (C=O) groups is 1. The summed E-state index contributed by atoms with van der Waals surface area (Å²) < 4.78 is 5.49. The second-order valence-corrected chi connectivity index (χ2v) is 10.3. The zero-order valence-electron chi connectivity index (χ0n) is 21.2. The van der Waals surface area contributed by atoms with Crippen molar-refractivity contribution in [1.82, 2.24) is 16.0 Å². The van der Waals surface area contributed by atoms with Gasteiger partial charge in [0.05, 0.1) is 30.1 Å². The van der Waals surface area contributed by atoms with Crippen molar-refractivity contribution in [2.24, 2.45) is 16.5 Å². The highest BCUT2D eigenvalue weighted by Crippen LogP contribution is 2.22. The van der Waals surface area contributed by atoms with Crippen LogP contribution in [0.2, 0.25) is 0 Å². The van der Waals surface area contributed by atoms with Crippen LogP contribution in [0.15, 0.2) is 81.4 Å². The summed E-state index contributed by atoms with van der Waals surface area (Å²) in [6.45, 7) is 14.6. The van der Waals surface area contributed by atoms with Crippen molar-refractivity contribution in [3.63, 3.8) is 0 Å². The average Bonchev–Trinajstić information content (AvgIpc) is 3.36. The fraction of sp³-hybridized carbons (Fsp3) is 0.360. The minimum absolute atomic E-state index is 0.145. The zero-order valence-corrected chi connectivity index (χ0v) is 22.9. The topological polar surface area (TPSA) is 151 Å². The van der Waals surface area contributed by atoms with Gasteiger partial charge in [-0.25, -0.2) is 9.79 Å². The van der Waals surface area contributed by atoms with Gasteiger partial charge in [0.2, 0.25) is 0 Å². The van der Waals surface area contributed by atoms with Crippen LogP contribution >= 0.6 is 21.6 Å². The van der Waals surface area contributed by atoms with Crippen LogP contribution in [0.1, 0.15) is 33.0 Å². The Morgan fingerprint density at radius 1 is 1.22 bits per heavy atom. The van der Waals surface area contributed by atoms with E-state index in [1.54, 1.807) is 46.9 Å². The molecule has 0 aromatic carbocycles. The molecule has 36 heavy (non-hydrogen) atoms. The Balaban J connectivity index is 2.73. The summed E-state index contributed by atoms with van der Waals surface area (Å²) in [5, 5.41) is 17.6. The van der Waals surface area contributed by atoms with E-state index in [4.69, 9.17) is 21.0 Å². The maximum absolute atomic E-state index is 12.1. The highest BCUT2D eigenvalue weighted by molar-refractivity contribution is 8.76. The third-order valence-corrected chi connectivity index (χ3v) is 6.78. The van der Waals surface area contributed by atoms with Crippen LogP contribution in [0.5, 0.6) is 0 Å². The summed E-state index contributed by atoms with van der Waals surface area (Å²) in [5.74, 6) is 2.28. The molecular weight excluding hydrogens is 496 g/mol. The summed E-state index contributed by atoms with van der Waals surface area (Å²) in [6, 6.07) is 3.21. The smallest absolute Gasteiger partial charge is 0.319 e. The first-order valence-corrected chi connectivity index (χ1v) is 13.9. The maximum atomic E-state index is 12.1. The molecule has 1 heterocycles. The number of urea groups is 1. The Labute approximate surface area is 221 Å². The number of aliphatic imine (C=N–C) groups is 1. The second-order valence-electron chi connectivity index (χ2n) is 7.58.